The van der Waals surface area contributed by atoms with Gasteiger partial charge in [-0.25, -0.2) is 13.8 Å². The summed E-state index contributed by atoms with van der Waals surface area (Å²) in [6.45, 7) is 1.73. The lowest BCUT2D eigenvalue weighted by atomic mass is 10.2. The second-order valence-corrected chi connectivity index (χ2v) is 6.53. The number of benzene rings is 2. The molecule has 0 N–H and O–H groups in total. The first-order chi connectivity index (χ1) is 9.99. The average molecular weight is 419 g/mol. The normalized spacial score (nSPS) is 12.8. The highest BCUT2D eigenvalue weighted by molar-refractivity contribution is 14.1. The van der Waals surface area contributed by atoms with Gasteiger partial charge in [0.05, 0.1) is 16.4 Å². The highest BCUT2D eigenvalue weighted by Gasteiger charge is 2.21. The molecule has 21 heavy (non-hydrogen) atoms. The van der Waals surface area contributed by atoms with Crippen molar-refractivity contribution in [3.63, 3.8) is 0 Å². The zero-order valence-electron chi connectivity index (χ0n) is 10.9. The Labute approximate surface area is 138 Å². The molecule has 0 aliphatic carbocycles. The molecule has 0 saturated heterocycles. The summed E-state index contributed by atoms with van der Waals surface area (Å²) < 4.78 is 30.7. The van der Waals surface area contributed by atoms with Gasteiger partial charge in [0.15, 0.2) is 0 Å². The van der Waals surface area contributed by atoms with Crippen molar-refractivity contribution in [3.05, 3.63) is 57.4 Å². The van der Waals surface area contributed by atoms with E-state index >= 15 is 0 Å². The molecule has 0 bridgehead atoms. The van der Waals surface area contributed by atoms with Crippen molar-refractivity contribution in [1.82, 2.24) is 9.55 Å². The van der Waals surface area contributed by atoms with Gasteiger partial charge < -0.3 is 0 Å². The van der Waals surface area contributed by atoms with Gasteiger partial charge in [0.25, 0.3) is 0 Å². The van der Waals surface area contributed by atoms with Gasteiger partial charge in [-0.3, -0.25) is 4.57 Å². The van der Waals surface area contributed by atoms with Crippen LogP contribution in [-0.4, -0.2) is 9.55 Å². The van der Waals surface area contributed by atoms with Crippen molar-refractivity contribution in [2.45, 2.75) is 12.3 Å². The molecule has 6 heteroatoms. The molecule has 0 spiro atoms. The van der Waals surface area contributed by atoms with Crippen LogP contribution in [0.2, 0.25) is 0 Å². The van der Waals surface area contributed by atoms with E-state index < -0.39 is 17.0 Å². The van der Waals surface area contributed by atoms with Gasteiger partial charge in [0, 0.05) is 3.57 Å². The Bertz CT molecular complexity index is 810. The number of fused-ring (bicyclic) bond motifs is 1. The molecule has 0 saturated carbocycles. The Morgan fingerprint density at radius 3 is 2.48 bits per heavy atom. The van der Waals surface area contributed by atoms with E-state index in [1.165, 1.54) is 22.8 Å². The maximum atomic E-state index is 14.1. The van der Waals surface area contributed by atoms with Crippen molar-refractivity contribution in [1.29, 1.82) is 0 Å². The number of aromatic nitrogens is 2. The average Bonchev–Trinajstić information content (AvgIpc) is 2.77. The summed E-state index contributed by atoms with van der Waals surface area (Å²) in [4.78, 5) is 4.42. The minimum Gasteiger partial charge on any atom is -0.290 e. The smallest absolute Gasteiger partial charge is 0.150 e. The van der Waals surface area contributed by atoms with Crippen molar-refractivity contribution >= 4 is 45.2 Å². The molecule has 2 nitrogen and oxygen atoms in total. The Kier molecular flexibility index (Phi) is 3.88. The van der Waals surface area contributed by atoms with Crippen molar-refractivity contribution in [3.8, 4) is 5.69 Å². The number of alkyl halides is 1. The van der Waals surface area contributed by atoms with Crippen LogP contribution in [-0.2, 0) is 0 Å². The predicted octanol–water partition coefficient (Wildman–Crippen LogP) is 5.21. The molecule has 0 aliphatic heterocycles. The molecule has 2 aromatic carbocycles. The summed E-state index contributed by atoms with van der Waals surface area (Å²) in [5, 5.41) is -0.478. The number of nitrogens with zero attached hydrogens (tertiary/aromatic N) is 2. The fourth-order valence-corrected chi connectivity index (χ4v) is 2.90. The molecule has 0 fully saturated rings. The van der Waals surface area contributed by atoms with Gasteiger partial charge in [-0.2, -0.15) is 0 Å². The van der Waals surface area contributed by atoms with Crippen LogP contribution >= 0.6 is 34.2 Å². The fraction of sp³-hybridized carbons (Fsp3) is 0.133. The number of halogens is 4. The van der Waals surface area contributed by atoms with Crippen molar-refractivity contribution in [2.24, 2.45) is 0 Å². The van der Waals surface area contributed by atoms with Crippen LogP contribution in [0.3, 0.4) is 0 Å². The third-order valence-electron chi connectivity index (χ3n) is 3.16. The lowest BCUT2D eigenvalue weighted by Gasteiger charge is -2.12. The molecule has 1 atom stereocenters. The maximum absolute atomic E-state index is 14.1. The molecule has 0 amide bonds. The minimum atomic E-state index is -0.647. The van der Waals surface area contributed by atoms with Gasteiger partial charge in [0.1, 0.15) is 23.1 Å². The summed E-state index contributed by atoms with van der Waals surface area (Å²) in [5.74, 6) is -0.879. The summed E-state index contributed by atoms with van der Waals surface area (Å²) in [6, 6.07) is 9.29. The van der Waals surface area contributed by atoms with Crippen LogP contribution in [0.15, 0.2) is 36.4 Å². The molecule has 1 unspecified atom stereocenters. The number of imidazole rings is 1. The third kappa shape index (κ3) is 2.53. The molecule has 3 rings (SSSR count). The fourth-order valence-electron chi connectivity index (χ4n) is 2.28. The van der Waals surface area contributed by atoms with Crippen molar-refractivity contribution in [2.75, 3.05) is 0 Å². The monoisotopic (exact) mass is 418 g/mol. The summed E-state index contributed by atoms with van der Waals surface area (Å²) in [6.07, 6.45) is 0. The van der Waals surface area contributed by atoms with Gasteiger partial charge in [0.2, 0.25) is 0 Å². The summed E-state index contributed by atoms with van der Waals surface area (Å²) in [7, 11) is 0. The Balaban J connectivity index is 2.42. The Hall–Kier alpha value is -1.21. The highest BCUT2D eigenvalue weighted by atomic mass is 127. The van der Waals surface area contributed by atoms with Crippen LogP contribution in [0, 0.1) is 15.2 Å². The first-order valence-corrected chi connectivity index (χ1v) is 7.77. The molecule has 0 radical (unpaired) electrons. The van der Waals surface area contributed by atoms with Gasteiger partial charge in [-0.05, 0) is 59.8 Å². The largest absolute Gasteiger partial charge is 0.290 e. The van der Waals surface area contributed by atoms with E-state index in [9.17, 15) is 8.78 Å². The number of hydrogen-bond donors (Lipinski definition) is 0. The molecular weight excluding hydrogens is 409 g/mol. The zero-order chi connectivity index (χ0) is 15.1. The van der Waals surface area contributed by atoms with Crippen LogP contribution in [0.4, 0.5) is 8.78 Å². The predicted molar refractivity (Wildman–Crippen MR) is 88.0 cm³/mol. The molecular formula is C15H10ClF2IN2. The third-order valence-corrected chi connectivity index (χ3v) is 4.03. The Morgan fingerprint density at radius 1 is 1.19 bits per heavy atom. The van der Waals surface area contributed by atoms with E-state index in [2.05, 4.69) is 27.6 Å². The zero-order valence-corrected chi connectivity index (χ0v) is 13.9. The first-order valence-electron chi connectivity index (χ1n) is 6.25. The van der Waals surface area contributed by atoms with Gasteiger partial charge >= 0.3 is 0 Å². The van der Waals surface area contributed by atoms with Gasteiger partial charge in [-0.1, -0.05) is 6.07 Å². The van der Waals surface area contributed by atoms with Crippen LogP contribution in [0.5, 0.6) is 0 Å². The molecule has 3 aromatic rings. The summed E-state index contributed by atoms with van der Waals surface area (Å²) in [5.41, 5.74) is 1.14. The number of para-hydroxylation sites is 1. The standard InChI is InChI=1S/C15H10ClF2IN2/c1-8(16)15-20-12-7-9(19)5-6-13(12)21(15)14-10(17)3-2-4-11(14)18/h2-8H,1H3. The van der Waals surface area contributed by atoms with Crippen molar-refractivity contribution < 1.29 is 8.78 Å². The SMILES string of the molecule is CC(Cl)c1nc2cc(I)ccc2n1-c1c(F)cccc1F. The highest BCUT2D eigenvalue weighted by Crippen LogP contribution is 2.31. The lowest BCUT2D eigenvalue weighted by molar-refractivity contribution is 0.567. The van der Waals surface area contributed by atoms with E-state index in [0.717, 1.165) is 3.57 Å². The number of rotatable bonds is 2. The second kappa shape index (κ2) is 5.53. The molecule has 108 valence electrons. The van der Waals surface area contributed by atoms with Gasteiger partial charge in [-0.15, -0.1) is 11.6 Å². The minimum absolute atomic E-state index is 0.149. The van der Waals surface area contributed by atoms with Crippen LogP contribution in [0.25, 0.3) is 16.7 Å². The number of hydrogen-bond acceptors (Lipinski definition) is 1. The van der Waals surface area contributed by atoms with E-state index in [4.69, 9.17) is 11.6 Å². The Morgan fingerprint density at radius 2 is 1.86 bits per heavy atom. The van der Waals surface area contributed by atoms with Crippen LogP contribution in [0.1, 0.15) is 18.1 Å². The van der Waals surface area contributed by atoms with Crippen LogP contribution < -0.4 is 0 Å². The summed E-state index contributed by atoms with van der Waals surface area (Å²) >= 11 is 8.31. The second-order valence-electron chi connectivity index (χ2n) is 4.62. The quantitative estimate of drug-likeness (QED) is 0.413. The van der Waals surface area contributed by atoms with E-state index in [1.807, 2.05) is 12.1 Å². The topological polar surface area (TPSA) is 17.8 Å². The first kappa shape index (κ1) is 14.7. The van der Waals surface area contributed by atoms with E-state index in [0.29, 0.717) is 16.9 Å². The van der Waals surface area contributed by atoms with E-state index in [1.54, 1.807) is 13.0 Å². The molecule has 1 heterocycles. The molecule has 0 aliphatic rings. The lowest BCUT2D eigenvalue weighted by Crippen LogP contribution is -2.06. The maximum Gasteiger partial charge on any atom is 0.150 e. The van der Waals surface area contributed by atoms with E-state index in [-0.39, 0.29) is 5.69 Å². The molecule has 1 aromatic heterocycles.